The fourth-order valence-electron chi connectivity index (χ4n) is 2.05. The van der Waals surface area contributed by atoms with E-state index in [1.807, 2.05) is 6.08 Å². The Kier molecular flexibility index (Phi) is 5.66. The van der Waals surface area contributed by atoms with Gasteiger partial charge in [-0.25, -0.2) is 0 Å². The topological polar surface area (TPSA) is 14.2 Å². The SMILES string of the molecule is C#CCn1c(C)ccc1CC(C=C)O[Si](C)(C)C(C)(C)C. The van der Waals surface area contributed by atoms with Crippen molar-refractivity contribution in [2.75, 3.05) is 0 Å². The van der Waals surface area contributed by atoms with Crippen LogP contribution in [0.25, 0.3) is 0 Å². The minimum Gasteiger partial charge on any atom is -0.410 e. The second-order valence-corrected chi connectivity index (χ2v) is 11.9. The molecule has 0 saturated heterocycles. The maximum absolute atomic E-state index is 6.45. The summed E-state index contributed by atoms with van der Waals surface area (Å²) in [5.41, 5.74) is 2.41. The van der Waals surface area contributed by atoms with Gasteiger partial charge in [0.25, 0.3) is 0 Å². The van der Waals surface area contributed by atoms with Gasteiger partial charge in [0.1, 0.15) is 0 Å². The Hall–Kier alpha value is -1.24. The molecule has 116 valence electrons. The van der Waals surface area contributed by atoms with Gasteiger partial charge in [0.2, 0.25) is 0 Å². The second-order valence-electron chi connectivity index (χ2n) is 7.11. The monoisotopic (exact) mass is 303 g/mol. The van der Waals surface area contributed by atoms with E-state index in [2.05, 4.69) is 70.0 Å². The zero-order valence-corrected chi connectivity index (χ0v) is 15.4. The van der Waals surface area contributed by atoms with Crippen LogP contribution < -0.4 is 0 Å². The third-order valence-corrected chi connectivity index (χ3v) is 8.97. The molecule has 0 bridgehead atoms. The smallest absolute Gasteiger partial charge is 0.192 e. The van der Waals surface area contributed by atoms with E-state index >= 15 is 0 Å². The molecule has 3 heteroatoms. The van der Waals surface area contributed by atoms with Crippen LogP contribution in [0.3, 0.4) is 0 Å². The molecule has 2 nitrogen and oxygen atoms in total. The average Bonchev–Trinajstić information content (AvgIpc) is 2.69. The Bertz CT molecular complexity index is 528. The highest BCUT2D eigenvalue weighted by atomic mass is 28.4. The second kappa shape index (κ2) is 6.68. The van der Waals surface area contributed by atoms with Gasteiger partial charge in [-0.1, -0.05) is 32.8 Å². The molecule has 0 fully saturated rings. The minimum absolute atomic E-state index is 0.0386. The highest BCUT2D eigenvalue weighted by molar-refractivity contribution is 6.74. The van der Waals surface area contributed by atoms with Gasteiger partial charge in [-0.3, -0.25) is 0 Å². The molecule has 0 radical (unpaired) electrons. The predicted octanol–water partition coefficient (Wildman–Crippen LogP) is 4.55. The maximum Gasteiger partial charge on any atom is 0.192 e. The molecular formula is C18H29NOSi. The number of hydrogen-bond acceptors (Lipinski definition) is 1. The number of terminal acetylenes is 1. The van der Waals surface area contributed by atoms with E-state index in [0.717, 1.165) is 6.42 Å². The summed E-state index contributed by atoms with van der Waals surface area (Å²) in [5, 5.41) is 0.199. The zero-order valence-electron chi connectivity index (χ0n) is 14.4. The Morgan fingerprint density at radius 1 is 1.43 bits per heavy atom. The van der Waals surface area contributed by atoms with E-state index < -0.39 is 8.32 Å². The van der Waals surface area contributed by atoms with Crippen molar-refractivity contribution in [1.29, 1.82) is 0 Å². The fourth-order valence-corrected chi connectivity index (χ4v) is 3.34. The lowest BCUT2D eigenvalue weighted by molar-refractivity contribution is 0.223. The van der Waals surface area contributed by atoms with E-state index in [0.29, 0.717) is 6.54 Å². The molecule has 1 aromatic heterocycles. The molecule has 0 spiro atoms. The van der Waals surface area contributed by atoms with Gasteiger partial charge in [0.05, 0.1) is 12.6 Å². The fraction of sp³-hybridized carbons (Fsp3) is 0.556. The van der Waals surface area contributed by atoms with Gasteiger partial charge in [-0.2, -0.15) is 0 Å². The summed E-state index contributed by atoms with van der Waals surface area (Å²) in [5.74, 6) is 2.72. The molecule has 1 rings (SSSR count). The quantitative estimate of drug-likeness (QED) is 0.427. The zero-order chi connectivity index (χ0) is 16.3. The Morgan fingerprint density at radius 2 is 2.05 bits per heavy atom. The molecule has 0 aliphatic carbocycles. The standard InChI is InChI=1S/C18H29NOSi/c1-9-13-19-15(3)11-12-16(19)14-17(10-2)20-21(7,8)18(4,5)6/h1,10-12,17H,2,13-14H2,3-8H3. The first-order valence-corrected chi connectivity index (χ1v) is 10.4. The van der Waals surface area contributed by atoms with Crippen LogP contribution in [-0.2, 0) is 17.4 Å². The number of aryl methyl sites for hydroxylation is 1. The summed E-state index contributed by atoms with van der Waals surface area (Å²) in [6.07, 6.45) is 8.25. The summed E-state index contributed by atoms with van der Waals surface area (Å²) < 4.78 is 8.63. The van der Waals surface area contributed by atoms with Crippen LogP contribution in [0.5, 0.6) is 0 Å². The van der Waals surface area contributed by atoms with Crippen LogP contribution in [0.15, 0.2) is 24.8 Å². The summed E-state index contributed by atoms with van der Waals surface area (Å²) in [4.78, 5) is 0. The molecule has 0 aromatic carbocycles. The van der Waals surface area contributed by atoms with Crippen LogP contribution in [0.1, 0.15) is 32.2 Å². The molecule has 0 amide bonds. The number of hydrogen-bond donors (Lipinski definition) is 0. The molecule has 0 aliphatic heterocycles. The number of nitrogens with zero attached hydrogens (tertiary/aromatic N) is 1. The summed E-state index contributed by atoms with van der Waals surface area (Å²) in [6.45, 7) is 18.0. The van der Waals surface area contributed by atoms with Gasteiger partial charge in [-0.15, -0.1) is 13.0 Å². The van der Waals surface area contributed by atoms with Gasteiger partial charge in [-0.05, 0) is 37.2 Å². The Morgan fingerprint density at radius 3 is 2.52 bits per heavy atom. The minimum atomic E-state index is -1.79. The summed E-state index contributed by atoms with van der Waals surface area (Å²) in [7, 11) is -1.79. The third-order valence-electron chi connectivity index (χ3n) is 4.46. The van der Waals surface area contributed by atoms with Crippen molar-refractivity contribution in [3.05, 3.63) is 36.2 Å². The van der Waals surface area contributed by atoms with Crippen molar-refractivity contribution in [1.82, 2.24) is 4.57 Å². The third kappa shape index (κ3) is 4.36. The Labute approximate surface area is 131 Å². The molecular weight excluding hydrogens is 274 g/mol. The lowest BCUT2D eigenvalue weighted by atomic mass is 10.2. The van der Waals surface area contributed by atoms with E-state index in [1.165, 1.54) is 11.4 Å². The molecule has 0 N–H and O–H groups in total. The van der Waals surface area contributed by atoms with E-state index in [9.17, 15) is 0 Å². The van der Waals surface area contributed by atoms with Crippen molar-refractivity contribution >= 4 is 8.32 Å². The first kappa shape index (κ1) is 17.8. The van der Waals surface area contributed by atoms with E-state index in [-0.39, 0.29) is 11.1 Å². The number of rotatable bonds is 6. The van der Waals surface area contributed by atoms with Crippen molar-refractivity contribution in [2.24, 2.45) is 0 Å². The highest BCUT2D eigenvalue weighted by Gasteiger charge is 2.38. The number of aromatic nitrogens is 1. The van der Waals surface area contributed by atoms with E-state index in [1.54, 1.807) is 0 Å². The van der Waals surface area contributed by atoms with Gasteiger partial charge < -0.3 is 8.99 Å². The molecule has 1 aromatic rings. The predicted molar refractivity (Wildman–Crippen MR) is 94.0 cm³/mol. The van der Waals surface area contributed by atoms with Gasteiger partial charge in [0, 0.05) is 17.8 Å². The normalized spacial score (nSPS) is 13.8. The lowest BCUT2D eigenvalue weighted by Crippen LogP contribution is -2.44. The Balaban J connectivity index is 2.90. The molecule has 0 aliphatic rings. The van der Waals surface area contributed by atoms with Crippen LogP contribution in [0, 0.1) is 19.3 Å². The summed E-state index contributed by atoms with van der Waals surface area (Å²) in [6, 6.07) is 4.25. The summed E-state index contributed by atoms with van der Waals surface area (Å²) >= 11 is 0. The first-order chi connectivity index (χ1) is 9.62. The van der Waals surface area contributed by atoms with Gasteiger partial charge in [0.15, 0.2) is 8.32 Å². The van der Waals surface area contributed by atoms with Crippen molar-refractivity contribution < 1.29 is 4.43 Å². The molecule has 1 unspecified atom stereocenters. The molecule has 1 atom stereocenters. The van der Waals surface area contributed by atoms with Crippen molar-refractivity contribution in [3.8, 4) is 12.3 Å². The van der Waals surface area contributed by atoms with Crippen LogP contribution in [0.4, 0.5) is 0 Å². The van der Waals surface area contributed by atoms with Crippen LogP contribution in [-0.4, -0.2) is 19.0 Å². The maximum atomic E-state index is 6.45. The van der Waals surface area contributed by atoms with Crippen LogP contribution in [0.2, 0.25) is 18.1 Å². The van der Waals surface area contributed by atoms with Crippen LogP contribution >= 0.6 is 0 Å². The van der Waals surface area contributed by atoms with Gasteiger partial charge >= 0.3 is 0 Å². The highest BCUT2D eigenvalue weighted by Crippen LogP contribution is 2.37. The van der Waals surface area contributed by atoms with Crippen molar-refractivity contribution in [3.63, 3.8) is 0 Å². The lowest BCUT2D eigenvalue weighted by Gasteiger charge is -2.38. The first-order valence-electron chi connectivity index (χ1n) is 7.51. The van der Waals surface area contributed by atoms with Crippen molar-refractivity contribution in [2.45, 2.75) is 64.9 Å². The molecule has 0 saturated carbocycles. The molecule has 21 heavy (non-hydrogen) atoms. The molecule has 1 heterocycles. The van der Waals surface area contributed by atoms with E-state index in [4.69, 9.17) is 10.8 Å². The average molecular weight is 304 g/mol. The largest absolute Gasteiger partial charge is 0.410 e.